The van der Waals surface area contributed by atoms with Crippen molar-refractivity contribution < 1.29 is 4.42 Å². The quantitative estimate of drug-likeness (QED) is 0.912. The topological polar surface area (TPSA) is 51.0 Å². The van der Waals surface area contributed by atoms with Crippen molar-refractivity contribution in [2.45, 2.75) is 45.6 Å². The minimum Gasteiger partial charge on any atom is -0.423 e. The first-order valence-corrected chi connectivity index (χ1v) is 7.38. The first-order valence-electron chi connectivity index (χ1n) is 7.38. The van der Waals surface area contributed by atoms with Gasteiger partial charge in [0.15, 0.2) is 0 Å². The van der Waals surface area contributed by atoms with E-state index in [4.69, 9.17) is 4.42 Å². The lowest BCUT2D eigenvalue weighted by atomic mass is 9.99. The van der Waals surface area contributed by atoms with Gasteiger partial charge in [0.25, 0.3) is 0 Å². The highest BCUT2D eigenvalue weighted by Crippen LogP contribution is 2.31. The second-order valence-corrected chi connectivity index (χ2v) is 5.75. The second kappa shape index (κ2) is 5.65. The molecule has 0 bridgehead atoms. The molecule has 4 nitrogen and oxygen atoms in total. The maximum absolute atomic E-state index is 5.27. The average molecular weight is 271 g/mol. The Bertz CT molecular complexity index is 559. The number of nitrogens with one attached hydrogen (secondary N) is 1. The number of hydrogen-bond donors (Lipinski definition) is 1. The Morgan fingerprint density at radius 1 is 1.30 bits per heavy atom. The molecule has 1 unspecified atom stereocenters. The Morgan fingerprint density at radius 2 is 2.10 bits per heavy atom. The SMILES string of the molecule is Cc1ccc(-c2nnco2)cc1NC(C)C1CCCC1. The lowest BCUT2D eigenvalue weighted by Crippen LogP contribution is -2.24. The Hall–Kier alpha value is -1.84. The van der Waals surface area contributed by atoms with Crippen LogP contribution >= 0.6 is 0 Å². The van der Waals surface area contributed by atoms with E-state index in [1.54, 1.807) is 0 Å². The van der Waals surface area contributed by atoms with Crippen LogP contribution in [0.25, 0.3) is 11.5 Å². The van der Waals surface area contributed by atoms with E-state index in [9.17, 15) is 0 Å². The monoisotopic (exact) mass is 271 g/mol. The number of anilines is 1. The van der Waals surface area contributed by atoms with E-state index in [1.165, 1.54) is 43.3 Å². The normalized spacial score (nSPS) is 17.3. The van der Waals surface area contributed by atoms with Crippen LogP contribution in [0.1, 0.15) is 38.2 Å². The lowest BCUT2D eigenvalue weighted by Gasteiger charge is -2.23. The van der Waals surface area contributed by atoms with Crippen molar-refractivity contribution in [3.8, 4) is 11.5 Å². The summed E-state index contributed by atoms with van der Waals surface area (Å²) in [5.74, 6) is 1.36. The van der Waals surface area contributed by atoms with Crippen LogP contribution in [0.4, 0.5) is 5.69 Å². The lowest BCUT2D eigenvalue weighted by molar-refractivity contribution is 0.482. The summed E-state index contributed by atoms with van der Waals surface area (Å²) in [5.41, 5.74) is 3.38. The summed E-state index contributed by atoms with van der Waals surface area (Å²) in [5, 5.41) is 11.4. The standard InChI is InChI=1S/C16H21N3O/c1-11-7-8-14(16-19-17-10-20-16)9-15(11)18-12(2)13-5-3-4-6-13/h7-10,12-13,18H,3-6H2,1-2H3. The van der Waals surface area contributed by atoms with E-state index < -0.39 is 0 Å². The highest BCUT2D eigenvalue weighted by molar-refractivity contribution is 5.64. The van der Waals surface area contributed by atoms with E-state index in [0.29, 0.717) is 11.9 Å². The Morgan fingerprint density at radius 3 is 2.80 bits per heavy atom. The smallest absolute Gasteiger partial charge is 0.247 e. The molecule has 0 saturated heterocycles. The Balaban J connectivity index is 1.79. The van der Waals surface area contributed by atoms with Crippen LogP contribution in [0, 0.1) is 12.8 Å². The van der Waals surface area contributed by atoms with Gasteiger partial charge in [-0.3, -0.25) is 0 Å². The number of rotatable bonds is 4. The fourth-order valence-corrected chi connectivity index (χ4v) is 3.03. The molecule has 1 heterocycles. The molecular formula is C16H21N3O. The van der Waals surface area contributed by atoms with Gasteiger partial charge in [0.05, 0.1) is 0 Å². The minimum absolute atomic E-state index is 0.508. The van der Waals surface area contributed by atoms with Crippen molar-refractivity contribution in [2.24, 2.45) is 5.92 Å². The van der Waals surface area contributed by atoms with Gasteiger partial charge in [0, 0.05) is 17.3 Å². The molecule has 1 N–H and O–H groups in total. The van der Waals surface area contributed by atoms with Crippen molar-refractivity contribution in [2.75, 3.05) is 5.32 Å². The molecule has 20 heavy (non-hydrogen) atoms. The van der Waals surface area contributed by atoms with Crippen molar-refractivity contribution in [3.05, 3.63) is 30.2 Å². The number of aromatic nitrogens is 2. The molecule has 0 spiro atoms. The average Bonchev–Trinajstić information content (AvgIpc) is 3.14. The van der Waals surface area contributed by atoms with Crippen molar-refractivity contribution >= 4 is 5.69 Å². The van der Waals surface area contributed by atoms with Crippen LogP contribution in [-0.2, 0) is 0 Å². The van der Waals surface area contributed by atoms with Gasteiger partial charge >= 0.3 is 0 Å². The molecule has 1 aliphatic carbocycles. The third kappa shape index (κ3) is 2.69. The molecule has 2 aromatic rings. The fraction of sp³-hybridized carbons (Fsp3) is 0.500. The van der Waals surface area contributed by atoms with Gasteiger partial charge in [0.1, 0.15) is 0 Å². The molecule has 1 aliphatic rings. The van der Waals surface area contributed by atoms with E-state index in [-0.39, 0.29) is 0 Å². The molecule has 106 valence electrons. The predicted octanol–water partition coefficient (Wildman–Crippen LogP) is 4.04. The van der Waals surface area contributed by atoms with Gasteiger partial charge in [-0.15, -0.1) is 10.2 Å². The second-order valence-electron chi connectivity index (χ2n) is 5.75. The van der Waals surface area contributed by atoms with E-state index >= 15 is 0 Å². The molecule has 1 fully saturated rings. The van der Waals surface area contributed by atoms with Crippen LogP contribution in [0.5, 0.6) is 0 Å². The number of hydrogen-bond acceptors (Lipinski definition) is 4. The Labute approximate surface area is 119 Å². The first-order chi connectivity index (χ1) is 9.74. The van der Waals surface area contributed by atoms with Crippen molar-refractivity contribution in [3.63, 3.8) is 0 Å². The first kappa shape index (κ1) is 13.2. The summed E-state index contributed by atoms with van der Waals surface area (Å²) in [7, 11) is 0. The van der Waals surface area contributed by atoms with Crippen LogP contribution in [-0.4, -0.2) is 16.2 Å². The maximum atomic E-state index is 5.27. The zero-order valence-electron chi connectivity index (χ0n) is 12.1. The summed E-state index contributed by atoms with van der Waals surface area (Å²) in [6.45, 7) is 4.41. The number of aryl methyl sites for hydroxylation is 1. The van der Waals surface area contributed by atoms with E-state index in [2.05, 4.69) is 41.5 Å². The van der Waals surface area contributed by atoms with E-state index in [0.717, 1.165) is 11.5 Å². The third-order valence-electron chi connectivity index (χ3n) is 4.33. The van der Waals surface area contributed by atoms with Gasteiger partial charge in [0.2, 0.25) is 12.3 Å². The van der Waals surface area contributed by atoms with Gasteiger partial charge < -0.3 is 9.73 Å². The fourth-order valence-electron chi connectivity index (χ4n) is 3.03. The van der Waals surface area contributed by atoms with Gasteiger partial charge in [-0.2, -0.15) is 0 Å². The summed E-state index contributed by atoms with van der Waals surface area (Å²) in [4.78, 5) is 0. The summed E-state index contributed by atoms with van der Waals surface area (Å²) < 4.78 is 5.27. The summed E-state index contributed by atoms with van der Waals surface area (Å²) in [6.07, 6.45) is 6.80. The van der Waals surface area contributed by atoms with Crippen LogP contribution in [0.2, 0.25) is 0 Å². The minimum atomic E-state index is 0.508. The van der Waals surface area contributed by atoms with Crippen molar-refractivity contribution in [1.82, 2.24) is 10.2 Å². The molecule has 1 atom stereocenters. The Kier molecular flexibility index (Phi) is 3.72. The van der Waals surface area contributed by atoms with Crippen LogP contribution in [0.15, 0.2) is 29.0 Å². The molecule has 4 heteroatoms. The molecule has 3 rings (SSSR count). The third-order valence-corrected chi connectivity index (χ3v) is 4.33. The zero-order chi connectivity index (χ0) is 13.9. The number of nitrogens with zero attached hydrogens (tertiary/aromatic N) is 2. The molecule has 0 aliphatic heterocycles. The summed E-state index contributed by atoms with van der Waals surface area (Å²) in [6, 6.07) is 6.74. The van der Waals surface area contributed by atoms with E-state index in [1.807, 2.05) is 6.07 Å². The molecule has 1 aromatic carbocycles. The van der Waals surface area contributed by atoms with Gasteiger partial charge in [-0.25, -0.2) is 0 Å². The van der Waals surface area contributed by atoms with Crippen LogP contribution in [0.3, 0.4) is 0 Å². The largest absolute Gasteiger partial charge is 0.423 e. The summed E-state index contributed by atoms with van der Waals surface area (Å²) >= 11 is 0. The molecule has 0 amide bonds. The highest BCUT2D eigenvalue weighted by atomic mass is 16.4. The molecule has 1 aromatic heterocycles. The van der Waals surface area contributed by atoms with Gasteiger partial charge in [-0.1, -0.05) is 18.9 Å². The van der Waals surface area contributed by atoms with Crippen LogP contribution < -0.4 is 5.32 Å². The predicted molar refractivity (Wildman–Crippen MR) is 79.5 cm³/mol. The molecule has 1 saturated carbocycles. The van der Waals surface area contributed by atoms with Gasteiger partial charge in [-0.05, 0) is 50.3 Å². The number of benzene rings is 1. The molecular weight excluding hydrogens is 250 g/mol. The zero-order valence-corrected chi connectivity index (χ0v) is 12.1. The maximum Gasteiger partial charge on any atom is 0.247 e. The molecule has 0 radical (unpaired) electrons. The highest BCUT2D eigenvalue weighted by Gasteiger charge is 2.21. The van der Waals surface area contributed by atoms with Crippen molar-refractivity contribution in [1.29, 1.82) is 0 Å².